The number of rotatable bonds is 3. The molecule has 1 unspecified atom stereocenters. The fourth-order valence-corrected chi connectivity index (χ4v) is 2.02. The number of nitrogens with two attached hydrogens (primary N) is 1. The average Bonchev–Trinajstić information content (AvgIpc) is 2.46. The van der Waals surface area contributed by atoms with E-state index in [0.717, 1.165) is 11.1 Å². The van der Waals surface area contributed by atoms with Crippen LogP contribution in [-0.2, 0) is 4.74 Å². The Morgan fingerprint density at radius 1 is 0.952 bits per heavy atom. The van der Waals surface area contributed by atoms with Crippen LogP contribution in [0, 0.1) is 0 Å². The molecule has 21 heavy (non-hydrogen) atoms. The van der Waals surface area contributed by atoms with E-state index in [1.807, 2.05) is 63.2 Å². The summed E-state index contributed by atoms with van der Waals surface area (Å²) in [6, 6.07) is 16.9. The molecule has 2 N–H and O–H groups in total. The van der Waals surface area contributed by atoms with Gasteiger partial charge in [-0.1, -0.05) is 42.5 Å². The number of hydrogen-bond donors (Lipinski definition) is 1. The summed E-state index contributed by atoms with van der Waals surface area (Å²) in [5, 5.41) is 0. The van der Waals surface area contributed by atoms with Gasteiger partial charge < -0.3 is 10.5 Å². The predicted octanol–water partition coefficient (Wildman–Crippen LogP) is 3.69. The lowest BCUT2D eigenvalue weighted by atomic mass is 9.99. The van der Waals surface area contributed by atoms with Gasteiger partial charge in [-0.25, -0.2) is 4.79 Å². The first-order chi connectivity index (χ1) is 9.87. The van der Waals surface area contributed by atoms with Gasteiger partial charge in [0, 0.05) is 0 Å². The summed E-state index contributed by atoms with van der Waals surface area (Å²) >= 11 is 0. The van der Waals surface area contributed by atoms with E-state index in [1.54, 1.807) is 12.1 Å². The van der Waals surface area contributed by atoms with Gasteiger partial charge in [0.05, 0.1) is 11.6 Å². The third-order valence-electron chi connectivity index (χ3n) is 3.06. The molecule has 0 aliphatic heterocycles. The number of carbonyl (C=O) groups is 1. The molecule has 3 heteroatoms. The summed E-state index contributed by atoms with van der Waals surface area (Å²) in [7, 11) is 0. The summed E-state index contributed by atoms with van der Waals surface area (Å²) in [6.45, 7) is 5.56. The minimum atomic E-state index is -0.490. The summed E-state index contributed by atoms with van der Waals surface area (Å²) in [4.78, 5) is 12.0. The minimum absolute atomic E-state index is 0.195. The highest BCUT2D eigenvalue weighted by molar-refractivity contribution is 5.89. The molecule has 1 atom stereocenters. The molecule has 0 fully saturated rings. The number of esters is 1. The molecule has 0 radical (unpaired) electrons. The van der Waals surface area contributed by atoms with E-state index in [-0.39, 0.29) is 12.0 Å². The van der Waals surface area contributed by atoms with Gasteiger partial charge in [0.1, 0.15) is 5.60 Å². The molecule has 0 heterocycles. The third-order valence-corrected chi connectivity index (χ3v) is 3.06. The maximum atomic E-state index is 12.0. The van der Waals surface area contributed by atoms with E-state index in [2.05, 4.69) is 0 Å². The number of hydrogen-bond acceptors (Lipinski definition) is 3. The Morgan fingerprint density at radius 3 is 2.00 bits per heavy atom. The van der Waals surface area contributed by atoms with Crippen molar-refractivity contribution in [2.45, 2.75) is 32.4 Å². The zero-order valence-corrected chi connectivity index (χ0v) is 12.7. The van der Waals surface area contributed by atoms with Crippen molar-refractivity contribution in [3.8, 4) is 0 Å². The van der Waals surface area contributed by atoms with Crippen LogP contribution in [0.1, 0.15) is 48.3 Å². The highest BCUT2D eigenvalue weighted by Crippen LogP contribution is 2.20. The molecule has 3 nitrogen and oxygen atoms in total. The van der Waals surface area contributed by atoms with Crippen molar-refractivity contribution in [1.82, 2.24) is 0 Å². The molecule has 2 aromatic rings. The number of carbonyl (C=O) groups excluding carboxylic acids is 1. The quantitative estimate of drug-likeness (QED) is 0.874. The SMILES string of the molecule is CC(C)(C)OC(=O)c1ccc(C(N)c2ccccc2)cc1. The molecule has 2 rings (SSSR count). The molecule has 0 saturated carbocycles. The van der Waals surface area contributed by atoms with Crippen LogP contribution in [0.5, 0.6) is 0 Å². The van der Waals surface area contributed by atoms with Gasteiger partial charge in [-0.05, 0) is 44.0 Å². The number of ether oxygens (including phenoxy) is 1. The Balaban J connectivity index is 2.14. The van der Waals surface area contributed by atoms with Gasteiger partial charge in [-0.15, -0.1) is 0 Å². The zero-order chi connectivity index (χ0) is 15.5. The van der Waals surface area contributed by atoms with Crippen LogP contribution in [0.2, 0.25) is 0 Å². The molecular formula is C18H21NO2. The van der Waals surface area contributed by atoms with Crippen molar-refractivity contribution in [3.05, 3.63) is 71.3 Å². The minimum Gasteiger partial charge on any atom is -0.456 e. The lowest BCUT2D eigenvalue weighted by molar-refractivity contribution is 0.00695. The van der Waals surface area contributed by atoms with E-state index < -0.39 is 5.60 Å². The predicted molar refractivity (Wildman–Crippen MR) is 84.1 cm³/mol. The second-order valence-corrected chi connectivity index (χ2v) is 6.01. The Hall–Kier alpha value is -2.13. The normalized spacial score (nSPS) is 12.8. The average molecular weight is 283 g/mol. The maximum Gasteiger partial charge on any atom is 0.338 e. The van der Waals surface area contributed by atoms with Gasteiger partial charge in [0.15, 0.2) is 0 Å². The van der Waals surface area contributed by atoms with Crippen molar-refractivity contribution in [1.29, 1.82) is 0 Å². The van der Waals surface area contributed by atoms with Crippen LogP contribution in [-0.4, -0.2) is 11.6 Å². The molecule has 110 valence electrons. The zero-order valence-electron chi connectivity index (χ0n) is 12.7. The second kappa shape index (κ2) is 6.10. The van der Waals surface area contributed by atoms with Crippen molar-refractivity contribution in [2.24, 2.45) is 5.73 Å². The van der Waals surface area contributed by atoms with Gasteiger partial charge in [0.25, 0.3) is 0 Å². The van der Waals surface area contributed by atoms with E-state index in [1.165, 1.54) is 0 Å². The lowest BCUT2D eigenvalue weighted by Crippen LogP contribution is -2.23. The van der Waals surface area contributed by atoms with E-state index in [9.17, 15) is 4.79 Å². The first-order valence-electron chi connectivity index (χ1n) is 7.01. The van der Waals surface area contributed by atoms with E-state index in [0.29, 0.717) is 5.56 Å². The molecule has 0 aliphatic rings. The van der Waals surface area contributed by atoms with Crippen LogP contribution in [0.15, 0.2) is 54.6 Å². The van der Waals surface area contributed by atoms with Crippen molar-refractivity contribution in [2.75, 3.05) is 0 Å². The Morgan fingerprint density at radius 2 is 1.48 bits per heavy atom. The highest BCUT2D eigenvalue weighted by atomic mass is 16.6. The molecule has 0 amide bonds. The van der Waals surface area contributed by atoms with Crippen LogP contribution in [0.3, 0.4) is 0 Å². The first kappa shape index (κ1) is 15.3. The molecule has 0 spiro atoms. The van der Waals surface area contributed by atoms with Crippen LogP contribution in [0.25, 0.3) is 0 Å². The third kappa shape index (κ3) is 4.17. The fourth-order valence-electron chi connectivity index (χ4n) is 2.02. The van der Waals surface area contributed by atoms with Gasteiger partial charge in [-0.2, -0.15) is 0 Å². The van der Waals surface area contributed by atoms with Crippen molar-refractivity contribution < 1.29 is 9.53 Å². The largest absolute Gasteiger partial charge is 0.456 e. The Bertz CT molecular complexity index is 597. The van der Waals surface area contributed by atoms with E-state index in [4.69, 9.17) is 10.5 Å². The lowest BCUT2D eigenvalue weighted by Gasteiger charge is -2.19. The van der Waals surface area contributed by atoms with E-state index >= 15 is 0 Å². The fraction of sp³-hybridized carbons (Fsp3) is 0.278. The van der Waals surface area contributed by atoms with Crippen LogP contribution < -0.4 is 5.73 Å². The summed E-state index contributed by atoms with van der Waals surface area (Å²) in [5.41, 5.74) is 8.28. The summed E-state index contributed by atoms with van der Waals surface area (Å²) in [5.74, 6) is -0.317. The summed E-state index contributed by atoms with van der Waals surface area (Å²) in [6.07, 6.45) is 0. The molecular weight excluding hydrogens is 262 g/mol. The first-order valence-corrected chi connectivity index (χ1v) is 7.01. The Kier molecular flexibility index (Phi) is 4.43. The van der Waals surface area contributed by atoms with Crippen molar-refractivity contribution >= 4 is 5.97 Å². The topological polar surface area (TPSA) is 52.3 Å². The molecule has 0 aliphatic carbocycles. The highest BCUT2D eigenvalue weighted by Gasteiger charge is 2.18. The second-order valence-electron chi connectivity index (χ2n) is 6.01. The maximum absolute atomic E-state index is 12.0. The number of benzene rings is 2. The molecule has 0 aromatic heterocycles. The molecule has 0 saturated heterocycles. The van der Waals surface area contributed by atoms with Crippen molar-refractivity contribution in [3.63, 3.8) is 0 Å². The standard InChI is InChI=1S/C18H21NO2/c1-18(2,3)21-17(20)15-11-9-14(10-12-15)16(19)13-7-5-4-6-8-13/h4-12,16H,19H2,1-3H3. The van der Waals surface area contributed by atoms with Gasteiger partial charge >= 0.3 is 5.97 Å². The molecule has 0 bridgehead atoms. The van der Waals surface area contributed by atoms with Gasteiger partial charge in [-0.3, -0.25) is 0 Å². The molecule has 2 aromatic carbocycles. The Labute approximate surface area is 125 Å². The van der Waals surface area contributed by atoms with Crippen LogP contribution >= 0.6 is 0 Å². The van der Waals surface area contributed by atoms with Gasteiger partial charge in [0.2, 0.25) is 0 Å². The monoisotopic (exact) mass is 283 g/mol. The smallest absolute Gasteiger partial charge is 0.338 e. The summed E-state index contributed by atoms with van der Waals surface area (Å²) < 4.78 is 5.34. The van der Waals surface area contributed by atoms with Crippen LogP contribution in [0.4, 0.5) is 0 Å².